The van der Waals surface area contributed by atoms with Crippen molar-refractivity contribution in [2.45, 2.75) is 32.1 Å². The fraction of sp³-hybridized carbons (Fsp3) is 1.00. The van der Waals surface area contributed by atoms with E-state index in [1.807, 2.05) is 18.8 Å². The highest BCUT2D eigenvalue weighted by Gasteiger charge is 2.23. The van der Waals surface area contributed by atoms with E-state index in [0.29, 0.717) is 18.2 Å². The van der Waals surface area contributed by atoms with Gasteiger partial charge in [-0.1, -0.05) is 0 Å². The lowest BCUT2D eigenvalue weighted by Gasteiger charge is -2.30. The summed E-state index contributed by atoms with van der Waals surface area (Å²) in [5.41, 5.74) is 0. The summed E-state index contributed by atoms with van der Waals surface area (Å²) in [6, 6.07) is 0.324. The number of ether oxygens (including phenoxy) is 2. The number of likely N-dealkylation sites (N-methyl/N-ethyl adjacent to an activating group) is 1. The molecular formula is C10H21NO2S. The summed E-state index contributed by atoms with van der Waals surface area (Å²) in [7, 11) is 1.97. The first-order valence-electron chi connectivity index (χ1n) is 5.22. The Morgan fingerprint density at radius 2 is 2.36 bits per heavy atom. The van der Waals surface area contributed by atoms with Gasteiger partial charge >= 0.3 is 0 Å². The summed E-state index contributed by atoms with van der Waals surface area (Å²) in [6.45, 7) is 5.72. The van der Waals surface area contributed by atoms with E-state index in [-0.39, 0.29) is 0 Å². The second-order valence-electron chi connectivity index (χ2n) is 3.76. The SMILES string of the molecule is CNC(COC(C)C)C1CSCCO1. The molecule has 84 valence electrons. The zero-order chi connectivity index (χ0) is 10.4. The van der Waals surface area contributed by atoms with E-state index < -0.39 is 0 Å². The number of hydrogen-bond donors (Lipinski definition) is 1. The van der Waals surface area contributed by atoms with E-state index in [1.165, 1.54) is 0 Å². The molecule has 1 rings (SSSR count). The van der Waals surface area contributed by atoms with Crippen LogP contribution in [0.25, 0.3) is 0 Å². The van der Waals surface area contributed by atoms with Crippen molar-refractivity contribution in [3.8, 4) is 0 Å². The Balaban J connectivity index is 2.28. The average Bonchev–Trinajstić information content (AvgIpc) is 2.20. The van der Waals surface area contributed by atoms with Crippen LogP contribution in [0.1, 0.15) is 13.8 Å². The molecule has 0 aromatic carbocycles. The van der Waals surface area contributed by atoms with Crippen molar-refractivity contribution in [3.63, 3.8) is 0 Å². The Morgan fingerprint density at radius 3 is 2.86 bits per heavy atom. The van der Waals surface area contributed by atoms with E-state index in [4.69, 9.17) is 9.47 Å². The maximum atomic E-state index is 5.70. The van der Waals surface area contributed by atoms with Crippen molar-refractivity contribution >= 4 is 11.8 Å². The van der Waals surface area contributed by atoms with Crippen LogP contribution >= 0.6 is 11.8 Å². The number of thioether (sulfide) groups is 1. The minimum atomic E-state index is 0.294. The molecule has 1 saturated heterocycles. The molecule has 1 fully saturated rings. The Bertz CT molecular complexity index is 149. The van der Waals surface area contributed by atoms with E-state index in [1.54, 1.807) is 0 Å². The fourth-order valence-electron chi connectivity index (χ4n) is 1.41. The Kier molecular flexibility index (Phi) is 5.86. The minimum absolute atomic E-state index is 0.294. The molecule has 0 aliphatic carbocycles. The fourth-order valence-corrected chi connectivity index (χ4v) is 2.35. The quantitative estimate of drug-likeness (QED) is 0.751. The third-order valence-corrected chi connectivity index (χ3v) is 3.29. The van der Waals surface area contributed by atoms with E-state index in [9.17, 15) is 0 Å². The molecule has 0 amide bonds. The molecule has 1 aliphatic heterocycles. The van der Waals surface area contributed by atoms with Gasteiger partial charge in [-0.3, -0.25) is 0 Å². The molecule has 2 unspecified atom stereocenters. The Labute approximate surface area is 90.9 Å². The van der Waals surface area contributed by atoms with Gasteiger partial charge in [0.05, 0.1) is 31.5 Å². The first kappa shape index (κ1) is 12.3. The molecule has 0 spiro atoms. The van der Waals surface area contributed by atoms with Crippen molar-refractivity contribution in [1.82, 2.24) is 5.32 Å². The van der Waals surface area contributed by atoms with Gasteiger partial charge in [0.2, 0.25) is 0 Å². The van der Waals surface area contributed by atoms with Crippen LogP contribution in [0.5, 0.6) is 0 Å². The van der Waals surface area contributed by atoms with Gasteiger partial charge < -0.3 is 14.8 Å². The Hall–Kier alpha value is 0.230. The standard InChI is InChI=1S/C10H21NO2S/c1-8(2)13-6-9(11-3)10-7-14-5-4-12-10/h8-11H,4-7H2,1-3H3. The molecule has 0 radical (unpaired) electrons. The van der Waals surface area contributed by atoms with Crippen molar-refractivity contribution < 1.29 is 9.47 Å². The van der Waals surface area contributed by atoms with Gasteiger partial charge in [0.25, 0.3) is 0 Å². The maximum Gasteiger partial charge on any atom is 0.0841 e. The predicted octanol–water partition coefficient (Wildman–Crippen LogP) is 1.13. The second-order valence-corrected chi connectivity index (χ2v) is 4.91. The van der Waals surface area contributed by atoms with Crippen molar-refractivity contribution in [2.24, 2.45) is 0 Å². The highest BCUT2D eigenvalue weighted by Crippen LogP contribution is 2.15. The highest BCUT2D eigenvalue weighted by atomic mass is 32.2. The van der Waals surface area contributed by atoms with Gasteiger partial charge in [-0.15, -0.1) is 0 Å². The number of rotatable bonds is 5. The zero-order valence-electron chi connectivity index (χ0n) is 9.29. The number of hydrogen-bond acceptors (Lipinski definition) is 4. The second kappa shape index (κ2) is 6.67. The largest absolute Gasteiger partial charge is 0.377 e. The molecule has 14 heavy (non-hydrogen) atoms. The summed E-state index contributed by atoms with van der Waals surface area (Å²) in [5.74, 6) is 2.20. The molecule has 0 aromatic rings. The predicted molar refractivity (Wildman–Crippen MR) is 61.0 cm³/mol. The summed E-state index contributed by atoms with van der Waals surface area (Å²) >= 11 is 1.96. The van der Waals surface area contributed by atoms with E-state index >= 15 is 0 Å². The monoisotopic (exact) mass is 219 g/mol. The molecule has 1 aliphatic rings. The van der Waals surface area contributed by atoms with Gasteiger partial charge in [0.1, 0.15) is 0 Å². The summed E-state index contributed by atoms with van der Waals surface area (Å²) in [4.78, 5) is 0. The van der Waals surface area contributed by atoms with Crippen LogP contribution in [0, 0.1) is 0 Å². The molecule has 0 saturated carbocycles. The third kappa shape index (κ3) is 4.17. The van der Waals surface area contributed by atoms with Crippen LogP contribution in [0.3, 0.4) is 0 Å². The van der Waals surface area contributed by atoms with Gasteiger partial charge in [-0.2, -0.15) is 11.8 Å². The first-order valence-corrected chi connectivity index (χ1v) is 6.37. The maximum absolute atomic E-state index is 5.70. The molecule has 0 aromatic heterocycles. The Morgan fingerprint density at radius 1 is 1.57 bits per heavy atom. The zero-order valence-corrected chi connectivity index (χ0v) is 10.1. The van der Waals surface area contributed by atoms with E-state index in [2.05, 4.69) is 19.2 Å². The lowest BCUT2D eigenvalue weighted by atomic mass is 10.2. The molecule has 4 heteroatoms. The van der Waals surface area contributed by atoms with Crippen molar-refractivity contribution in [3.05, 3.63) is 0 Å². The van der Waals surface area contributed by atoms with Crippen LogP contribution in [-0.2, 0) is 9.47 Å². The lowest BCUT2D eigenvalue weighted by Crippen LogP contribution is -2.46. The van der Waals surface area contributed by atoms with Gasteiger partial charge in [0.15, 0.2) is 0 Å². The highest BCUT2D eigenvalue weighted by molar-refractivity contribution is 7.99. The normalized spacial score (nSPS) is 25.3. The van der Waals surface area contributed by atoms with Crippen LogP contribution in [-0.4, -0.2) is 50.0 Å². The van der Waals surface area contributed by atoms with Crippen LogP contribution < -0.4 is 5.32 Å². The van der Waals surface area contributed by atoms with Gasteiger partial charge in [-0.05, 0) is 20.9 Å². The summed E-state index contributed by atoms with van der Waals surface area (Å²) in [6.07, 6.45) is 0.597. The first-order chi connectivity index (χ1) is 6.74. The van der Waals surface area contributed by atoms with Crippen LogP contribution in [0.2, 0.25) is 0 Å². The molecule has 1 N–H and O–H groups in total. The van der Waals surface area contributed by atoms with Crippen LogP contribution in [0.15, 0.2) is 0 Å². The van der Waals surface area contributed by atoms with Crippen molar-refractivity contribution in [1.29, 1.82) is 0 Å². The van der Waals surface area contributed by atoms with Gasteiger partial charge in [-0.25, -0.2) is 0 Å². The minimum Gasteiger partial charge on any atom is -0.377 e. The number of nitrogens with one attached hydrogen (secondary N) is 1. The van der Waals surface area contributed by atoms with Gasteiger partial charge in [0, 0.05) is 11.5 Å². The summed E-state index contributed by atoms with van der Waals surface area (Å²) < 4.78 is 11.3. The average molecular weight is 219 g/mol. The summed E-state index contributed by atoms with van der Waals surface area (Å²) in [5, 5.41) is 3.26. The molecule has 3 nitrogen and oxygen atoms in total. The van der Waals surface area contributed by atoms with E-state index in [0.717, 1.165) is 24.7 Å². The lowest BCUT2D eigenvalue weighted by molar-refractivity contribution is -0.00351. The van der Waals surface area contributed by atoms with Crippen molar-refractivity contribution in [2.75, 3.05) is 31.8 Å². The molecule has 1 heterocycles. The molecule has 0 bridgehead atoms. The smallest absolute Gasteiger partial charge is 0.0841 e. The van der Waals surface area contributed by atoms with Crippen LogP contribution in [0.4, 0.5) is 0 Å². The third-order valence-electron chi connectivity index (χ3n) is 2.27. The molecular weight excluding hydrogens is 198 g/mol. The molecule has 2 atom stereocenters. The topological polar surface area (TPSA) is 30.5 Å².